The minimum absolute atomic E-state index is 0.0829. The van der Waals surface area contributed by atoms with Crippen molar-refractivity contribution < 1.29 is 32.2 Å². The Labute approximate surface area is 217 Å². The third kappa shape index (κ3) is 7.55. The van der Waals surface area contributed by atoms with Crippen molar-refractivity contribution >= 4 is 46.4 Å². The minimum Gasteiger partial charge on any atom is -0.365 e. The Balaban J connectivity index is 1.63. The second-order valence-corrected chi connectivity index (χ2v) is 8.80. The number of hydrogen-bond donors (Lipinski definition) is 3. The average Bonchev–Trinajstić information content (AvgIpc) is 3.36. The average molecular weight is 560 g/mol. The van der Waals surface area contributed by atoms with E-state index in [9.17, 15) is 22.8 Å². The van der Waals surface area contributed by atoms with Gasteiger partial charge in [0, 0.05) is 26.5 Å². The van der Waals surface area contributed by atoms with E-state index in [1.807, 2.05) is 0 Å². The number of carbonyl (C=O) groups excluding carboxylic acids is 2. The molecule has 0 bridgehead atoms. The first-order valence-electron chi connectivity index (χ1n) is 10.4. The number of pyridine rings is 1. The summed E-state index contributed by atoms with van der Waals surface area (Å²) in [4.78, 5) is 41.1. The molecule has 3 aromatic heterocycles. The Morgan fingerprint density at radius 1 is 1.05 bits per heavy atom. The fourth-order valence-electron chi connectivity index (χ4n) is 2.86. The van der Waals surface area contributed by atoms with E-state index in [0.29, 0.717) is 16.9 Å². The monoisotopic (exact) mass is 559 g/mol. The molecule has 37 heavy (non-hydrogen) atoms. The summed E-state index contributed by atoms with van der Waals surface area (Å²) in [6.45, 7) is 1.94. The van der Waals surface area contributed by atoms with Crippen LogP contribution >= 0.6 is 22.9 Å². The molecule has 0 aliphatic rings. The van der Waals surface area contributed by atoms with Crippen molar-refractivity contribution in [3.8, 4) is 0 Å². The van der Waals surface area contributed by atoms with Gasteiger partial charge in [0.2, 0.25) is 0 Å². The molecule has 3 heterocycles. The molecular formula is C21H21ClF3N7O4S. The number of nitrogens with one attached hydrogen (secondary N) is 3. The molecule has 3 N–H and O–H groups in total. The molecule has 198 valence electrons. The van der Waals surface area contributed by atoms with E-state index < -0.39 is 40.9 Å². The summed E-state index contributed by atoms with van der Waals surface area (Å²) in [6.07, 6.45) is -1.95. The lowest BCUT2D eigenvalue weighted by Crippen LogP contribution is -2.28. The maximum Gasteiger partial charge on any atom is 0.418 e. The SMILES string of the molecule is COC(CNc1cc(C(=O)NC(C)c2ncc(C(=O)Nc3cc(C(F)(F)F)c(Cl)cn3)s2)ncn1)OC. The van der Waals surface area contributed by atoms with Crippen molar-refractivity contribution in [3.63, 3.8) is 0 Å². The highest BCUT2D eigenvalue weighted by Crippen LogP contribution is 2.35. The predicted octanol–water partition coefficient (Wildman–Crippen LogP) is 3.77. The molecule has 0 spiro atoms. The number of alkyl halides is 3. The topological polar surface area (TPSA) is 140 Å². The molecule has 2 amide bonds. The van der Waals surface area contributed by atoms with Crippen LogP contribution in [-0.2, 0) is 15.7 Å². The molecule has 0 aliphatic carbocycles. The quantitative estimate of drug-likeness (QED) is 0.316. The molecule has 0 aliphatic heterocycles. The van der Waals surface area contributed by atoms with Crippen LogP contribution in [0.5, 0.6) is 0 Å². The molecule has 16 heteroatoms. The van der Waals surface area contributed by atoms with Gasteiger partial charge in [-0.15, -0.1) is 11.3 Å². The zero-order valence-electron chi connectivity index (χ0n) is 19.6. The highest BCUT2D eigenvalue weighted by molar-refractivity contribution is 7.13. The maximum atomic E-state index is 13.0. The minimum atomic E-state index is -4.71. The van der Waals surface area contributed by atoms with E-state index in [0.717, 1.165) is 17.5 Å². The number of thiazole rings is 1. The standard InChI is InChI=1S/C21H21ClF3N7O4S/c1-10(31-18(33)13-5-15(30-9-29-13)27-8-17(35-2)36-3)20-28-7-14(37-20)19(34)32-16-4-11(21(23,24)25)12(22)6-26-16/h4-7,9-10,17H,8H2,1-3H3,(H,31,33)(H,26,32,34)(H,27,29,30). The molecule has 3 aromatic rings. The van der Waals surface area contributed by atoms with E-state index in [-0.39, 0.29) is 22.9 Å². The van der Waals surface area contributed by atoms with Crippen molar-refractivity contribution in [3.05, 3.63) is 57.0 Å². The van der Waals surface area contributed by atoms with Crippen LogP contribution < -0.4 is 16.0 Å². The number of anilines is 2. The van der Waals surface area contributed by atoms with Gasteiger partial charge in [0.1, 0.15) is 33.5 Å². The number of amides is 2. The molecule has 0 radical (unpaired) electrons. The van der Waals surface area contributed by atoms with Crippen molar-refractivity contribution in [2.75, 3.05) is 31.4 Å². The lowest BCUT2D eigenvalue weighted by Gasteiger charge is -2.15. The largest absolute Gasteiger partial charge is 0.418 e. The fraction of sp³-hybridized carbons (Fsp3) is 0.333. The number of hydrogen-bond acceptors (Lipinski definition) is 10. The van der Waals surface area contributed by atoms with Crippen molar-refractivity contribution in [1.82, 2.24) is 25.3 Å². The van der Waals surface area contributed by atoms with Gasteiger partial charge < -0.3 is 25.4 Å². The highest BCUT2D eigenvalue weighted by Gasteiger charge is 2.34. The first kappa shape index (κ1) is 28.2. The summed E-state index contributed by atoms with van der Waals surface area (Å²) in [5.41, 5.74) is -1.04. The van der Waals surface area contributed by atoms with Crippen molar-refractivity contribution in [2.45, 2.75) is 25.4 Å². The third-order valence-electron chi connectivity index (χ3n) is 4.74. The van der Waals surface area contributed by atoms with Gasteiger partial charge in [-0.1, -0.05) is 11.6 Å². The van der Waals surface area contributed by atoms with E-state index >= 15 is 0 Å². The molecule has 0 aromatic carbocycles. The Hall–Kier alpha value is -3.40. The Bertz CT molecular complexity index is 1260. The lowest BCUT2D eigenvalue weighted by molar-refractivity contribution is -0.137. The van der Waals surface area contributed by atoms with Gasteiger partial charge in [-0.25, -0.2) is 19.9 Å². The molecule has 0 saturated heterocycles. The van der Waals surface area contributed by atoms with Crippen LogP contribution in [0.1, 0.15) is 43.7 Å². The van der Waals surface area contributed by atoms with Crippen LogP contribution in [0.3, 0.4) is 0 Å². The van der Waals surface area contributed by atoms with E-state index in [2.05, 4.69) is 35.9 Å². The number of ether oxygens (including phenoxy) is 2. The van der Waals surface area contributed by atoms with Crippen molar-refractivity contribution in [1.29, 1.82) is 0 Å². The van der Waals surface area contributed by atoms with Crippen molar-refractivity contribution in [2.24, 2.45) is 0 Å². The number of aromatic nitrogens is 4. The normalized spacial score (nSPS) is 12.3. The summed E-state index contributed by atoms with van der Waals surface area (Å²) < 4.78 is 49.3. The highest BCUT2D eigenvalue weighted by atomic mass is 35.5. The van der Waals surface area contributed by atoms with Gasteiger partial charge in [-0.05, 0) is 13.0 Å². The van der Waals surface area contributed by atoms with Crippen LogP contribution in [0.2, 0.25) is 5.02 Å². The lowest BCUT2D eigenvalue weighted by atomic mass is 10.2. The first-order valence-corrected chi connectivity index (χ1v) is 11.6. The van der Waals surface area contributed by atoms with Crippen LogP contribution in [0.15, 0.2) is 30.9 Å². The zero-order valence-corrected chi connectivity index (χ0v) is 21.2. The summed E-state index contributed by atoms with van der Waals surface area (Å²) in [5, 5.41) is 7.76. The number of halogens is 4. The summed E-state index contributed by atoms with van der Waals surface area (Å²) in [6, 6.07) is 1.47. The van der Waals surface area contributed by atoms with E-state index in [4.69, 9.17) is 21.1 Å². The molecule has 0 fully saturated rings. The zero-order chi connectivity index (χ0) is 27.2. The molecule has 1 atom stereocenters. The molecule has 11 nitrogen and oxygen atoms in total. The second-order valence-electron chi connectivity index (χ2n) is 7.33. The van der Waals surface area contributed by atoms with Crippen LogP contribution in [-0.4, -0.2) is 58.8 Å². The van der Waals surface area contributed by atoms with Gasteiger partial charge in [0.05, 0.1) is 29.4 Å². The van der Waals surface area contributed by atoms with Gasteiger partial charge in [0.15, 0.2) is 6.29 Å². The Kier molecular flexibility index (Phi) is 9.31. The maximum absolute atomic E-state index is 13.0. The van der Waals surface area contributed by atoms with Crippen LogP contribution in [0, 0.1) is 0 Å². The van der Waals surface area contributed by atoms with Gasteiger partial charge in [0.25, 0.3) is 11.8 Å². The smallest absolute Gasteiger partial charge is 0.365 e. The second kappa shape index (κ2) is 12.2. The predicted molar refractivity (Wildman–Crippen MR) is 129 cm³/mol. The fourth-order valence-corrected chi connectivity index (χ4v) is 3.88. The summed E-state index contributed by atoms with van der Waals surface area (Å²) in [5.74, 6) is -1.18. The molecule has 1 unspecified atom stereocenters. The van der Waals surface area contributed by atoms with E-state index in [1.165, 1.54) is 32.8 Å². The van der Waals surface area contributed by atoms with Gasteiger partial charge in [-0.2, -0.15) is 13.2 Å². The number of methoxy groups -OCH3 is 2. The van der Waals surface area contributed by atoms with Crippen LogP contribution in [0.4, 0.5) is 24.8 Å². The first-order chi connectivity index (χ1) is 17.5. The number of carbonyl (C=O) groups is 2. The Morgan fingerprint density at radius 3 is 2.46 bits per heavy atom. The molecule has 3 rings (SSSR count). The summed E-state index contributed by atoms with van der Waals surface area (Å²) >= 11 is 6.50. The van der Waals surface area contributed by atoms with Gasteiger partial charge in [-0.3, -0.25) is 9.59 Å². The molecule has 0 saturated carbocycles. The number of nitrogens with zero attached hydrogens (tertiary/aromatic N) is 4. The van der Waals surface area contributed by atoms with Crippen LogP contribution in [0.25, 0.3) is 0 Å². The van der Waals surface area contributed by atoms with Gasteiger partial charge >= 0.3 is 6.18 Å². The summed E-state index contributed by atoms with van der Waals surface area (Å²) in [7, 11) is 2.98. The molecular weight excluding hydrogens is 539 g/mol. The van der Waals surface area contributed by atoms with E-state index in [1.54, 1.807) is 6.92 Å². The third-order valence-corrected chi connectivity index (χ3v) is 6.22. The Morgan fingerprint density at radius 2 is 1.78 bits per heavy atom. The number of rotatable bonds is 10.